The van der Waals surface area contributed by atoms with E-state index >= 15 is 0 Å². The summed E-state index contributed by atoms with van der Waals surface area (Å²) in [6, 6.07) is 10.5. The fourth-order valence-corrected chi connectivity index (χ4v) is 3.58. The molecule has 0 aliphatic carbocycles. The molecule has 1 fully saturated rings. The number of aliphatic imine (C=N–C) groups is 1. The number of aliphatic hydroxyl groups is 1. The summed E-state index contributed by atoms with van der Waals surface area (Å²) in [5.74, 6) is 2.57. The van der Waals surface area contributed by atoms with Crippen LogP contribution in [0.15, 0.2) is 35.3 Å². The normalized spacial score (nSPS) is 22.8. The lowest BCUT2D eigenvalue weighted by Gasteiger charge is -2.22. The average molecular weight is 435 g/mol. The Balaban J connectivity index is 0.00000242. The minimum absolute atomic E-state index is 0. The highest BCUT2D eigenvalue weighted by Gasteiger charge is 2.31. The molecule has 22 heavy (non-hydrogen) atoms. The quantitative estimate of drug-likeness (QED) is 0.378. The smallest absolute Gasteiger partial charge is 0.191 e. The minimum Gasteiger partial charge on any atom is -0.387 e. The van der Waals surface area contributed by atoms with Gasteiger partial charge in [-0.1, -0.05) is 30.3 Å². The van der Waals surface area contributed by atoms with Crippen LogP contribution in [0.2, 0.25) is 0 Å². The second-order valence-corrected chi connectivity index (χ2v) is 6.60. The molecule has 0 bridgehead atoms. The molecular weight excluding hydrogens is 409 g/mol. The van der Waals surface area contributed by atoms with Crippen LogP contribution in [0.3, 0.4) is 0 Å². The van der Waals surface area contributed by atoms with Gasteiger partial charge in [-0.25, -0.2) is 0 Å². The van der Waals surface area contributed by atoms with Crippen molar-refractivity contribution < 1.29 is 5.11 Å². The molecule has 0 radical (unpaired) electrons. The molecule has 3 N–H and O–H groups in total. The van der Waals surface area contributed by atoms with Crippen LogP contribution in [0.5, 0.6) is 0 Å². The summed E-state index contributed by atoms with van der Waals surface area (Å²) < 4.78 is 0. The first-order chi connectivity index (χ1) is 10.1. The van der Waals surface area contributed by atoms with Gasteiger partial charge < -0.3 is 15.7 Å². The molecule has 1 aliphatic rings. The predicted molar refractivity (Wildman–Crippen MR) is 106 cm³/mol. The minimum atomic E-state index is -0.636. The van der Waals surface area contributed by atoms with Gasteiger partial charge in [0.1, 0.15) is 0 Å². The maximum atomic E-state index is 10.4. The molecule has 2 rings (SSSR count). The van der Waals surface area contributed by atoms with Crippen LogP contribution >= 0.6 is 35.7 Å². The summed E-state index contributed by atoms with van der Waals surface area (Å²) in [5, 5.41) is 17.0. The van der Waals surface area contributed by atoms with Crippen LogP contribution in [-0.4, -0.2) is 41.3 Å². The van der Waals surface area contributed by atoms with Crippen molar-refractivity contribution >= 4 is 41.7 Å². The third-order valence-corrected chi connectivity index (χ3v) is 4.85. The van der Waals surface area contributed by atoms with E-state index in [1.54, 1.807) is 11.8 Å². The Morgan fingerprint density at radius 1 is 1.41 bits per heavy atom. The molecule has 1 saturated heterocycles. The van der Waals surface area contributed by atoms with Gasteiger partial charge in [-0.15, -0.1) is 24.0 Å². The maximum Gasteiger partial charge on any atom is 0.191 e. The number of guanidine groups is 1. The van der Waals surface area contributed by atoms with E-state index in [4.69, 9.17) is 0 Å². The first-order valence-corrected chi connectivity index (χ1v) is 8.68. The van der Waals surface area contributed by atoms with E-state index in [1.165, 1.54) is 5.56 Å². The van der Waals surface area contributed by atoms with Crippen LogP contribution in [0.1, 0.15) is 31.9 Å². The Morgan fingerprint density at radius 2 is 2.14 bits per heavy atom. The van der Waals surface area contributed by atoms with Gasteiger partial charge in [0.05, 0.1) is 18.2 Å². The van der Waals surface area contributed by atoms with Crippen molar-refractivity contribution in [2.45, 2.75) is 31.9 Å². The summed E-state index contributed by atoms with van der Waals surface area (Å²) in [5.41, 5.74) is 0.585. The largest absolute Gasteiger partial charge is 0.387 e. The van der Waals surface area contributed by atoms with Crippen molar-refractivity contribution in [3.8, 4) is 0 Å². The molecule has 0 amide bonds. The van der Waals surface area contributed by atoms with Crippen molar-refractivity contribution in [2.24, 2.45) is 4.99 Å². The Hall–Kier alpha value is -0.470. The number of rotatable bonds is 5. The molecule has 4 nitrogen and oxygen atoms in total. The van der Waals surface area contributed by atoms with Crippen molar-refractivity contribution in [3.63, 3.8) is 0 Å². The summed E-state index contributed by atoms with van der Waals surface area (Å²) in [4.78, 5) is 4.56. The van der Waals surface area contributed by atoms with Gasteiger partial charge in [0.15, 0.2) is 5.96 Å². The van der Waals surface area contributed by atoms with Gasteiger partial charge in [0, 0.05) is 12.3 Å². The van der Waals surface area contributed by atoms with Crippen molar-refractivity contribution in [2.75, 3.05) is 24.6 Å². The van der Waals surface area contributed by atoms with Crippen LogP contribution in [-0.2, 0) is 0 Å². The molecule has 1 aromatic rings. The zero-order chi connectivity index (χ0) is 15.1. The Bertz CT molecular complexity index is 464. The number of thioether (sulfide) groups is 1. The Labute approximate surface area is 154 Å². The highest BCUT2D eigenvalue weighted by molar-refractivity contribution is 14.0. The van der Waals surface area contributed by atoms with Crippen LogP contribution in [0, 0.1) is 0 Å². The zero-order valence-corrected chi connectivity index (χ0v) is 16.4. The van der Waals surface area contributed by atoms with Crippen molar-refractivity contribution in [1.29, 1.82) is 0 Å². The summed E-state index contributed by atoms with van der Waals surface area (Å²) in [7, 11) is 0. The molecule has 1 aliphatic heterocycles. The molecule has 0 spiro atoms. The van der Waals surface area contributed by atoms with Gasteiger partial charge >= 0.3 is 0 Å². The highest BCUT2D eigenvalue weighted by atomic mass is 127. The first kappa shape index (κ1) is 19.6. The van der Waals surface area contributed by atoms with E-state index in [0.717, 1.165) is 30.4 Å². The highest BCUT2D eigenvalue weighted by Crippen LogP contribution is 2.27. The van der Waals surface area contributed by atoms with E-state index in [0.29, 0.717) is 6.54 Å². The summed E-state index contributed by atoms with van der Waals surface area (Å²) >= 11 is 1.80. The topological polar surface area (TPSA) is 56.7 Å². The van der Waals surface area contributed by atoms with Crippen molar-refractivity contribution in [3.05, 3.63) is 35.9 Å². The molecule has 0 aromatic heterocycles. The third-order valence-electron chi connectivity index (χ3n) is 3.61. The standard InChI is InChI=1S/C16H25N3OS.HI/c1-3-17-15(18-11-16(20)9-10-21-12-16)19-13(2)14-7-5-4-6-8-14;/h4-8,13,20H,3,9-12H2,1-2H3,(H2,17,18,19);1H. The number of hydrogen-bond acceptors (Lipinski definition) is 3. The van der Waals surface area contributed by atoms with E-state index in [1.807, 2.05) is 25.1 Å². The van der Waals surface area contributed by atoms with E-state index in [2.05, 4.69) is 34.7 Å². The van der Waals surface area contributed by atoms with Gasteiger partial charge in [0.25, 0.3) is 0 Å². The van der Waals surface area contributed by atoms with Crippen LogP contribution in [0.4, 0.5) is 0 Å². The number of halogens is 1. The van der Waals surface area contributed by atoms with E-state index < -0.39 is 5.60 Å². The first-order valence-electron chi connectivity index (χ1n) is 7.53. The predicted octanol–water partition coefficient (Wildman–Crippen LogP) is 2.79. The lowest BCUT2D eigenvalue weighted by Crippen LogP contribution is -2.41. The second-order valence-electron chi connectivity index (χ2n) is 5.50. The number of nitrogens with zero attached hydrogens (tertiary/aromatic N) is 1. The molecule has 0 saturated carbocycles. The fraction of sp³-hybridized carbons (Fsp3) is 0.562. The SMILES string of the molecule is CCNC(=NCC1(O)CCSC1)NC(C)c1ccccc1.I. The molecule has 1 aromatic carbocycles. The average Bonchev–Trinajstić information content (AvgIpc) is 2.93. The molecule has 6 heteroatoms. The second kappa shape index (κ2) is 9.62. The van der Waals surface area contributed by atoms with Gasteiger partial charge in [-0.2, -0.15) is 11.8 Å². The molecule has 2 atom stereocenters. The summed E-state index contributed by atoms with van der Waals surface area (Å²) in [6.45, 7) is 5.42. The molecular formula is C16H26IN3OS. The molecule has 124 valence electrons. The van der Waals surface area contributed by atoms with Crippen LogP contribution < -0.4 is 10.6 Å². The lowest BCUT2D eigenvalue weighted by molar-refractivity contribution is 0.0778. The van der Waals surface area contributed by atoms with Gasteiger partial charge in [0.2, 0.25) is 0 Å². The Morgan fingerprint density at radius 3 is 2.73 bits per heavy atom. The zero-order valence-electron chi connectivity index (χ0n) is 13.2. The Kier molecular flexibility index (Phi) is 8.56. The monoisotopic (exact) mass is 435 g/mol. The number of hydrogen-bond donors (Lipinski definition) is 3. The maximum absolute atomic E-state index is 10.4. The van der Waals surface area contributed by atoms with Crippen LogP contribution in [0.25, 0.3) is 0 Å². The fourth-order valence-electron chi connectivity index (χ4n) is 2.30. The number of nitrogens with one attached hydrogen (secondary N) is 2. The number of benzene rings is 1. The lowest BCUT2D eigenvalue weighted by atomic mass is 10.0. The third kappa shape index (κ3) is 5.96. The van der Waals surface area contributed by atoms with E-state index in [-0.39, 0.29) is 30.0 Å². The van der Waals surface area contributed by atoms with Gasteiger partial charge in [-0.05, 0) is 31.6 Å². The molecule has 1 heterocycles. The van der Waals surface area contributed by atoms with E-state index in [9.17, 15) is 5.11 Å². The summed E-state index contributed by atoms with van der Waals surface area (Å²) in [6.07, 6.45) is 0.828. The molecule has 2 unspecified atom stereocenters. The van der Waals surface area contributed by atoms with Gasteiger partial charge in [-0.3, -0.25) is 4.99 Å². The van der Waals surface area contributed by atoms with Crippen molar-refractivity contribution in [1.82, 2.24) is 10.6 Å².